The van der Waals surface area contributed by atoms with Crippen LogP contribution < -0.4 is 5.32 Å². The van der Waals surface area contributed by atoms with Crippen molar-refractivity contribution in [1.82, 2.24) is 25.1 Å². The van der Waals surface area contributed by atoms with Gasteiger partial charge in [0.05, 0.1) is 6.54 Å². The molecule has 7 heteroatoms. The van der Waals surface area contributed by atoms with Crippen LogP contribution in [0.2, 0.25) is 0 Å². The van der Waals surface area contributed by atoms with Crippen molar-refractivity contribution in [2.45, 2.75) is 51.2 Å². The fourth-order valence-electron chi connectivity index (χ4n) is 2.77. The quantitative estimate of drug-likeness (QED) is 0.760. The lowest BCUT2D eigenvalue weighted by molar-refractivity contribution is 0.271. The molecule has 2 aliphatic carbocycles. The van der Waals surface area contributed by atoms with E-state index in [1.165, 1.54) is 24.1 Å². The van der Waals surface area contributed by atoms with Crippen molar-refractivity contribution in [2.24, 2.45) is 0 Å². The van der Waals surface area contributed by atoms with Crippen LogP contribution in [0, 0.1) is 0 Å². The third-order valence-corrected chi connectivity index (χ3v) is 4.04. The minimum atomic E-state index is -0.148. The van der Waals surface area contributed by atoms with Crippen LogP contribution in [0.5, 0.6) is 0 Å². The summed E-state index contributed by atoms with van der Waals surface area (Å²) in [5, 5.41) is 19.1. The molecular weight excluding hydrogens is 268 g/mol. The summed E-state index contributed by atoms with van der Waals surface area (Å²) in [5.74, 6) is 3.62. The highest BCUT2D eigenvalue weighted by molar-refractivity contribution is 5.49. The molecule has 0 aliphatic heterocycles. The summed E-state index contributed by atoms with van der Waals surface area (Å²) in [6.07, 6.45) is 5.67. The Labute approximate surface area is 122 Å². The maximum absolute atomic E-state index is 8.98. The number of nitrogens with zero attached hydrogens (tertiary/aromatic N) is 4. The van der Waals surface area contributed by atoms with E-state index in [0.29, 0.717) is 24.1 Å². The van der Waals surface area contributed by atoms with E-state index < -0.39 is 0 Å². The molecule has 2 aromatic rings. The molecule has 110 valence electrons. The van der Waals surface area contributed by atoms with Gasteiger partial charge in [0.2, 0.25) is 0 Å². The van der Waals surface area contributed by atoms with Gasteiger partial charge in [-0.1, -0.05) is 0 Å². The van der Waals surface area contributed by atoms with Gasteiger partial charge in [-0.15, -0.1) is 0 Å². The smallest absolute Gasteiger partial charge is 0.176 e. The van der Waals surface area contributed by atoms with Gasteiger partial charge in [-0.05, 0) is 32.1 Å². The average Bonchev–Trinajstić information content (AvgIpc) is 3.07. The zero-order valence-corrected chi connectivity index (χ0v) is 11.8. The molecule has 1 fully saturated rings. The van der Waals surface area contributed by atoms with E-state index in [-0.39, 0.29) is 6.61 Å². The Kier molecular flexibility index (Phi) is 3.07. The summed E-state index contributed by atoms with van der Waals surface area (Å²) in [5.41, 5.74) is 2.46. The van der Waals surface area contributed by atoms with Crippen molar-refractivity contribution in [3.63, 3.8) is 0 Å². The number of rotatable bonds is 5. The molecule has 21 heavy (non-hydrogen) atoms. The van der Waals surface area contributed by atoms with Gasteiger partial charge in [-0.2, -0.15) is 5.10 Å². The minimum absolute atomic E-state index is 0.148. The predicted molar refractivity (Wildman–Crippen MR) is 75.7 cm³/mol. The van der Waals surface area contributed by atoms with Gasteiger partial charge in [0.15, 0.2) is 5.82 Å². The van der Waals surface area contributed by atoms with Gasteiger partial charge < -0.3 is 10.4 Å². The topological polar surface area (TPSA) is 99.6 Å². The standard InChI is InChI=1S/C14H18N6O/c21-7-12-17-11(19-20-12)6-15-14-9-2-1-3-10(9)16-13(18-14)8-4-5-8/h8,21H,1-7H2,(H,15,16,18)(H,17,19,20). The molecule has 0 spiro atoms. The molecular formula is C14H18N6O. The van der Waals surface area contributed by atoms with E-state index in [1.54, 1.807) is 0 Å². The van der Waals surface area contributed by atoms with Crippen LogP contribution in [0.1, 0.15) is 53.9 Å². The van der Waals surface area contributed by atoms with E-state index in [9.17, 15) is 0 Å². The second-order valence-corrected chi connectivity index (χ2v) is 5.69. The Morgan fingerprint density at radius 2 is 2.10 bits per heavy atom. The first-order chi connectivity index (χ1) is 10.3. The number of aryl methyl sites for hydroxylation is 1. The predicted octanol–water partition coefficient (Wildman–Crippen LogP) is 1.07. The third kappa shape index (κ3) is 2.49. The lowest BCUT2D eigenvalue weighted by atomic mass is 10.2. The largest absolute Gasteiger partial charge is 0.388 e. The van der Waals surface area contributed by atoms with Gasteiger partial charge >= 0.3 is 0 Å². The summed E-state index contributed by atoms with van der Waals surface area (Å²) in [6, 6.07) is 0. The van der Waals surface area contributed by atoms with Crippen molar-refractivity contribution in [2.75, 3.05) is 5.32 Å². The van der Waals surface area contributed by atoms with Gasteiger partial charge in [0, 0.05) is 17.2 Å². The molecule has 7 nitrogen and oxygen atoms in total. The number of aromatic amines is 1. The van der Waals surface area contributed by atoms with Crippen LogP contribution in [-0.2, 0) is 26.0 Å². The number of fused-ring (bicyclic) bond motifs is 1. The Morgan fingerprint density at radius 1 is 1.19 bits per heavy atom. The maximum atomic E-state index is 8.98. The molecule has 0 bridgehead atoms. The first kappa shape index (κ1) is 12.7. The summed E-state index contributed by atoms with van der Waals surface area (Å²) in [4.78, 5) is 13.6. The normalized spacial score (nSPS) is 17.0. The maximum Gasteiger partial charge on any atom is 0.176 e. The SMILES string of the molecule is OCc1n[nH]c(CNc2nc(C3CC3)nc3c2CCC3)n1. The Balaban J connectivity index is 1.56. The Hall–Kier alpha value is -2.02. The monoisotopic (exact) mass is 286 g/mol. The number of hydrogen-bond donors (Lipinski definition) is 3. The zero-order chi connectivity index (χ0) is 14.2. The van der Waals surface area contributed by atoms with Crippen LogP contribution >= 0.6 is 0 Å². The number of anilines is 1. The highest BCUT2D eigenvalue weighted by atomic mass is 16.3. The fourth-order valence-corrected chi connectivity index (χ4v) is 2.77. The molecule has 2 aliphatic rings. The molecule has 0 atom stereocenters. The molecule has 2 heterocycles. The first-order valence-electron chi connectivity index (χ1n) is 7.48. The van der Waals surface area contributed by atoms with E-state index in [4.69, 9.17) is 15.1 Å². The van der Waals surface area contributed by atoms with E-state index >= 15 is 0 Å². The lowest BCUT2D eigenvalue weighted by Gasteiger charge is -2.11. The highest BCUT2D eigenvalue weighted by Gasteiger charge is 2.29. The number of H-pyrrole nitrogens is 1. The van der Waals surface area contributed by atoms with Gasteiger partial charge in [0.1, 0.15) is 24.1 Å². The number of hydrogen-bond acceptors (Lipinski definition) is 6. The summed E-state index contributed by atoms with van der Waals surface area (Å²) in [7, 11) is 0. The molecule has 4 rings (SSSR count). The van der Waals surface area contributed by atoms with Gasteiger partial charge in [0.25, 0.3) is 0 Å². The number of aliphatic hydroxyl groups excluding tert-OH is 1. The average molecular weight is 286 g/mol. The van der Waals surface area contributed by atoms with Crippen molar-refractivity contribution >= 4 is 5.82 Å². The molecule has 0 saturated heterocycles. The molecule has 3 N–H and O–H groups in total. The highest BCUT2D eigenvalue weighted by Crippen LogP contribution is 2.40. The molecule has 0 unspecified atom stereocenters. The second-order valence-electron chi connectivity index (χ2n) is 5.69. The third-order valence-electron chi connectivity index (χ3n) is 4.04. The van der Waals surface area contributed by atoms with Crippen molar-refractivity contribution in [3.8, 4) is 0 Å². The molecule has 0 amide bonds. The van der Waals surface area contributed by atoms with Gasteiger partial charge in [-0.25, -0.2) is 15.0 Å². The van der Waals surface area contributed by atoms with E-state index in [1.807, 2.05) is 0 Å². The van der Waals surface area contributed by atoms with Crippen LogP contribution in [0.4, 0.5) is 5.82 Å². The molecule has 0 aromatic carbocycles. The number of nitrogens with one attached hydrogen (secondary N) is 2. The summed E-state index contributed by atoms with van der Waals surface area (Å²) in [6.45, 7) is 0.381. The van der Waals surface area contributed by atoms with E-state index in [0.717, 1.165) is 30.9 Å². The number of aliphatic hydroxyl groups is 1. The lowest BCUT2D eigenvalue weighted by Crippen LogP contribution is -2.09. The molecule has 2 aromatic heterocycles. The second kappa shape index (κ2) is 5.07. The Bertz CT molecular complexity index is 663. The van der Waals surface area contributed by atoms with Crippen molar-refractivity contribution in [3.05, 3.63) is 28.7 Å². The van der Waals surface area contributed by atoms with Gasteiger partial charge in [-0.3, -0.25) is 5.10 Å². The summed E-state index contributed by atoms with van der Waals surface area (Å²) < 4.78 is 0. The van der Waals surface area contributed by atoms with Crippen LogP contribution in [0.15, 0.2) is 0 Å². The summed E-state index contributed by atoms with van der Waals surface area (Å²) >= 11 is 0. The zero-order valence-electron chi connectivity index (χ0n) is 11.8. The van der Waals surface area contributed by atoms with Crippen LogP contribution in [0.3, 0.4) is 0 Å². The minimum Gasteiger partial charge on any atom is -0.388 e. The first-order valence-corrected chi connectivity index (χ1v) is 7.48. The molecule has 1 saturated carbocycles. The molecule has 0 radical (unpaired) electrons. The van der Waals surface area contributed by atoms with E-state index in [2.05, 4.69) is 20.5 Å². The Morgan fingerprint density at radius 3 is 2.86 bits per heavy atom. The van der Waals surface area contributed by atoms with Crippen molar-refractivity contribution < 1.29 is 5.11 Å². The number of aromatic nitrogens is 5. The van der Waals surface area contributed by atoms with Crippen LogP contribution in [0.25, 0.3) is 0 Å². The van der Waals surface area contributed by atoms with Crippen molar-refractivity contribution in [1.29, 1.82) is 0 Å². The fraction of sp³-hybridized carbons (Fsp3) is 0.571. The van der Waals surface area contributed by atoms with Crippen LogP contribution in [-0.4, -0.2) is 30.3 Å².